The third kappa shape index (κ3) is 4.42. The first-order valence-electron chi connectivity index (χ1n) is 8.39. The average Bonchev–Trinajstić information content (AvgIpc) is 2.62. The molecular weight excluding hydrogens is 305 g/mol. The van der Waals surface area contributed by atoms with Crippen molar-refractivity contribution in [3.8, 4) is 0 Å². The van der Waals surface area contributed by atoms with Gasteiger partial charge in [-0.1, -0.05) is 36.4 Å². The van der Waals surface area contributed by atoms with Gasteiger partial charge in [-0.05, 0) is 42.5 Å². The Bertz CT molecular complexity index is 674. The molecule has 2 aromatic rings. The third-order valence-corrected chi connectivity index (χ3v) is 4.34. The fourth-order valence-corrected chi connectivity index (χ4v) is 3.11. The molecule has 1 amide bonds. The van der Waals surface area contributed by atoms with Gasteiger partial charge in [-0.15, -0.1) is 0 Å². The molecule has 24 heavy (non-hydrogen) atoms. The van der Waals surface area contributed by atoms with E-state index in [1.165, 1.54) is 12.1 Å². The SMILES string of the molecule is O=C(c1cccc(F)c1)N1CCCC(COCc2ccccc2)C1. The highest BCUT2D eigenvalue weighted by Gasteiger charge is 2.24. The lowest BCUT2D eigenvalue weighted by Crippen LogP contribution is -2.41. The van der Waals surface area contributed by atoms with Gasteiger partial charge in [-0.25, -0.2) is 4.39 Å². The van der Waals surface area contributed by atoms with Crippen molar-refractivity contribution in [2.45, 2.75) is 19.4 Å². The maximum absolute atomic E-state index is 13.3. The van der Waals surface area contributed by atoms with Gasteiger partial charge in [0.2, 0.25) is 0 Å². The Balaban J connectivity index is 1.51. The molecule has 1 aliphatic rings. The summed E-state index contributed by atoms with van der Waals surface area (Å²) in [6.07, 6.45) is 2.02. The summed E-state index contributed by atoms with van der Waals surface area (Å²) in [5.74, 6) is -0.136. The summed E-state index contributed by atoms with van der Waals surface area (Å²) in [7, 11) is 0. The molecule has 0 N–H and O–H groups in total. The van der Waals surface area contributed by atoms with E-state index in [9.17, 15) is 9.18 Å². The van der Waals surface area contributed by atoms with Gasteiger partial charge in [0.15, 0.2) is 0 Å². The Morgan fingerprint density at radius 3 is 2.79 bits per heavy atom. The van der Waals surface area contributed by atoms with E-state index < -0.39 is 0 Å². The zero-order valence-corrected chi connectivity index (χ0v) is 13.7. The number of likely N-dealkylation sites (tertiary alicyclic amines) is 1. The van der Waals surface area contributed by atoms with Crippen LogP contribution in [-0.2, 0) is 11.3 Å². The molecule has 0 bridgehead atoms. The predicted molar refractivity (Wildman–Crippen MR) is 91.1 cm³/mol. The second-order valence-electron chi connectivity index (χ2n) is 6.27. The average molecular weight is 327 g/mol. The monoisotopic (exact) mass is 327 g/mol. The van der Waals surface area contributed by atoms with E-state index in [-0.39, 0.29) is 11.7 Å². The molecule has 1 fully saturated rings. The molecule has 0 aliphatic carbocycles. The molecule has 0 saturated carbocycles. The molecule has 0 spiro atoms. The summed E-state index contributed by atoms with van der Waals surface area (Å²) in [6.45, 7) is 2.63. The summed E-state index contributed by atoms with van der Waals surface area (Å²) >= 11 is 0. The van der Waals surface area contributed by atoms with Crippen molar-refractivity contribution < 1.29 is 13.9 Å². The summed E-state index contributed by atoms with van der Waals surface area (Å²) in [5.41, 5.74) is 1.57. The molecule has 126 valence electrons. The molecule has 1 atom stereocenters. The van der Waals surface area contributed by atoms with Gasteiger partial charge in [0.25, 0.3) is 5.91 Å². The summed E-state index contributed by atoms with van der Waals surface area (Å²) < 4.78 is 19.1. The molecule has 3 nitrogen and oxygen atoms in total. The van der Waals surface area contributed by atoms with Gasteiger partial charge in [-0.3, -0.25) is 4.79 Å². The molecule has 2 aromatic carbocycles. The number of hydrogen-bond donors (Lipinski definition) is 0. The highest BCUT2D eigenvalue weighted by atomic mass is 19.1. The van der Waals surface area contributed by atoms with Crippen molar-refractivity contribution in [3.05, 3.63) is 71.5 Å². The Morgan fingerprint density at radius 2 is 2.00 bits per heavy atom. The minimum absolute atomic E-state index is 0.0951. The minimum Gasteiger partial charge on any atom is -0.376 e. The fraction of sp³-hybridized carbons (Fsp3) is 0.350. The smallest absolute Gasteiger partial charge is 0.253 e. The molecule has 1 aliphatic heterocycles. The Kier molecular flexibility index (Phi) is 5.59. The summed E-state index contributed by atoms with van der Waals surface area (Å²) in [5, 5.41) is 0. The van der Waals surface area contributed by atoms with Crippen LogP contribution in [0.2, 0.25) is 0 Å². The zero-order valence-electron chi connectivity index (χ0n) is 13.7. The normalized spacial score (nSPS) is 17.7. The summed E-state index contributed by atoms with van der Waals surface area (Å²) in [6, 6.07) is 16.0. The van der Waals surface area contributed by atoms with Crippen molar-refractivity contribution in [2.75, 3.05) is 19.7 Å². The molecule has 0 aromatic heterocycles. The number of ether oxygens (including phenoxy) is 1. The number of carbonyl (C=O) groups excluding carboxylic acids is 1. The minimum atomic E-state index is -0.374. The number of halogens is 1. The van der Waals surface area contributed by atoms with Gasteiger partial charge < -0.3 is 9.64 Å². The standard InChI is InChI=1S/C20H22FNO2/c21-19-10-4-9-18(12-19)20(23)22-11-5-8-17(13-22)15-24-14-16-6-2-1-3-7-16/h1-4,6-7,9-10,12,17H,5,8,11,13-15H2. The third-order valence-electron chi connectivity index (χ3n) is 4.34. The number of nitrogens with zero attached hydrogens (tertiary/aromatic N) is 1. The molecule has 4 heteroatoms. The highest BCUT2D eigenvalue weighted by molar-refractivity contribution is 5.94. The van der Waals surface area contributed by atoms with Crippen molar-refractivity contribution in [1.82, 2.24) is 4.90 Å². The highest BCUT2D eigenvalue weighted by Crippen LogP contribution is 2.20. The van der Waals surface area contributed by atoms with Crippen molar-refractivity contribution in [2.24, 2.45) is 5.92 Å². The number of piperidine rings is 1. The molecule has 3 rings (SSSR count). The number of amides is 1. The second kappa shape index (κ2) is 8.06. The van der Waals surface area contributed by atoms with E-state index in [1.807, 2.05) is 35.2 Å². The second-order valence-corrected chi connectivity index (χ2v) is 6.27. The first kappa shape index (κ1) is 16.7. The van der Waals surface area contributed by atoms with Gasteiger partial charge in [-0.2, -0.15) is 0 Å². The van der Waals surface area contributed by atoms with E-state index in [4.69, 9.17) is 4.74 Å². The van der Waals surface area contributed by atoms with Crippen molar-refractivity contribution >= 4 is 5.91 Å². The van der Waals surface area contributed by atoms with E-state index >= 15 is 0 Å². The van der Waals surface area contributed by atoms with E-state index in [1.54, 1.807) is 12.1 Å². The molecule has 1 unspecified atom stereocenters. The fourth-order valence-electron chi connectivity index (χ4n) is 3.11. The topological polar surface area (TPSA) is 29.5 Å². The maximum Gasteiger partial charge on any atom is 0.253 e. The molecule has 1 saturated heterocycles. The van der Waals surface area contributed by atoms with Crippen LogP contribution < -0.4 is 0 Å². The van der Waals surface area contributed by atoms with Crippen LogP contribution in [0.4, 0.5) is 4.39 Å². The molecular formula is C20H22FNO2. The Hall–Kier alpha value is -2.20. The van der Waals surface area contributed by atoms with Crippen LogP contribution >= 0.6 is 0 Å². The van der Waals surface area contributed by atoms with Gasteiger partial charge in [0.05, 0.1) is 13.2 Å². The van der Waals surface area contributed by atoms with Crippen molar-refractivity contribution in [3.63, 3.8) is 0 Å². The number of hydrogen-bond acceptors (Lipinski definition) is 2. The largest absolute Gasteiger partial charge is 0.376 e. The van der Waals surface area contributed by atoms with Crippen LogP contribution in [-0.4, -0.2) is 30.5 Å². The van der Waals surface area contributed by atoms with Crippen LogP contribution in [0.3, 0.4) is 0 Å². The lowest BCUT2D eigenvalue weighted by molar-refractivity contribution is 0.0425. The van der Waals surface area contributed by atoms with Crippen LogP contribution in [0.15, 0.2) is 54.6 Å². The number of carbonyl (C=O) groups is 1. The van der Waals surface area contributed by atoms with E-state index in [2.05, 4.69) is 0 Å². The van der Waals surface area contributed by atoms with Crippen LogP contribution in [0.5, 0.6) is 0 Å². The molecule has 0 radical (unpaired) electrons. The lowest BCUT2D eigenvalue weighted by Gasteiger charge is -2.32. The number of rotatable bonds is 5. The molecule has 1 heterocycles. The van der Waals surface area contributed by atoms with Gasteiger partial charge >= 0.3 is 0 Å². The quantitative estimate of drug-likeness (QED) is 0.834. The van der Waals surface area contributed by atoms with Crippen molar-refractivity contribution in [1.29, 1.82) is 0 Å². The number of benzene rings is 2. The zero-order chi connectivity index (χ0) is 16.8. The first-order valence-corrected chi connectivity index (χ1v) is 8.39. The van der Waals surface area contributed by atoms with Crippen LogP contribution in [0.25, 0.3) is 0 Å². The predicted octanol–water partition coefficient (Wildman–Crippen LogP) is 3.89. The maximum atomic E-state index is 13.3. The first-order chi connectivity index (χ1) is 11.7. The Labute approximate surface area is 142 Å². The van der Waals surface area contributed by atoms with Gasteiger partial charge in [0, 0.05) is 18.7 Å². The van der Waals surface area contributed by atoms with Gasteiger partial charge in [0.1, 0.15) is 5.82 Å². The lowest BCUT2D eigenvalue weighted by atomic mass is 9.98. The van der Waals surface area contributed by atoms with Crippen LogP contribution in [0, 0.1) is 11.7 Å². The van der Waals surface area contributed by atoms with E-state index in [0.717, 1.165) is 24.9 Å². The Morgan fingerprint density at radius 1 is 1.17 bits per heavy atom. The summed E-state index contributed by atoms with van der Waals surface area (Å²) in [4.78, 5) is 14.3. The van der Waals surface area contributed by atoms with E-state index in [0.29, 0.717) is 31.2 Å². The van der Waals surface area contributed by atoms with Crippen LogP contribution in [0.1, 0.15) is 28.8 Å².